The molecule has 0 aliphatic carbocycles. The van der Waals surface area contributed by atoms with Gasteiger partial charge in [-0.2, -0.15) is 0 Å². The molecule has 2 amide bonds. The van der Waals surface area contributed by atoms with Gasteiger partial charge in [-0.15, -0.1) is 0 Å². The van der Waals surface area contributed by atoms with Crippen LogP contribution in [0.2, 0.25) is 0 Å². The second kappa shape index (κ2) is 9.09. The van der Waals surface area contributed by atoms with Crippen molar-refractivity contribution in [1.82, 2.24) is 14.9 Å². The number of hydrogen-bond acceptors (Lipinski definition) is 6. The smallest absolute Gasteiger partial charge is 0.325 e. The van der Waals surface area contributed by atoms with Crippen LogP contribution in [0.15, 0.2) is 60.8 Å². The summed E-state index contributed by atoms with van der Waals surface area (Å²) in [5.74, 6) is -0.748. The number of benzene rings is 2. The first kappa shape index (κ1) is 22.4. The van der Waals surface area contributed by atoms with Crippen molar-refractivity contribution in [2.75, 3.05) is 25.2 Å². The third kappa shape index (κ3) is 3.84. The van der Waals surface area contributed by atoms with Crippen LogP contribution in [0.5, 0.6) is 5.75 Å². The van der Waals surface area contributed by atoms with Crippen molar-refractivity contribution in [2.45, 2.75) is 19.5 Å². The van der Waals surface area contributed by atoms with Gasteiger partial charge in [-0.05, 0) is 43.3 Å². The highest BCUT2D eigenvalue weighted by Gasteiger charge is 2.39. The number of pyridine rings is 1. The number of aromatic nitrogens is 2. The zero-order chi connectivity index (χ0) is 24.5. The summed E-state index contributed by atoms with van der Waals surface area (Å²) in [6.45, 7) is 1.61. The predicted octanol–water partition coefficient (Wildman–Crippen LogP) is 2.97. The Morgan fingerprint density at radius 3 is 2.60 bits per heavy atom. The van der Waals surface area contributed by atoms with Gasteiger partial charge in [0.15, 0.2) is 6.04 Å². The number of fused-ring (bicyclic) bond motifs is 3. The molecule has 178 valence electrons. The van der Waals surface area contributed by atoms with E-state index < -0.39 is 17.9 Å². The van der Waals surface area contributed by atoms with Crippen LogP contribution >= 0.6 is 0 Å². The largest absolute Gasteiger partial charge is 0.497 e. The van der Waals surface area contributed by atoms with E-state index in [1.165, 1.54) is 4.90 Å². The van der Waals surface area contributed by atoms with Crippen LogP contribution in [-0.4, -0.2) is 47.6 Å². The quantitative estimate of drug-likeness (QED) is 0.433. The van der Waals surface area contributed by atoms with Crippen molar-refractivity contribution in [3.63, 3.8) is 0 Å². The molecule has 0 spiro atoms. The lowest BCUT2D eigenvalue weighted by Crippen LogP contribution is -2.45. The van der Waals surface area contributed by atoms with E-state index in [4.69, 9.17) is 9.47 Å². The molecular weight excluding hydrogens is 448 g/mol. The molecule has 1 unspecified atom stereocenters. The van der Waals surface area contributed by atoms with E-state index in [9.17, 15) is 14.4 Å². The number of nitrogens with one attached hydrogen (secondary N) is 1. The van der Waals surface area contributed by atoms with Gasteiger partial charge in [-0.1, -0.05) is 18.2 Å². The first-order chi connectivity index (χ1) is 17.0. The Hall–Kier alpha value is -4.40. The summed E-state index contributed by atoms with van der Waals surface area (Å²) in [7, 11) is 1.56. The number of esters is 1. The van der Waals surface area contributed by atoms with Gasteiger partial charge < -0.3 is 19.4 Å². The Bertz CT molecular complexity index is 1440. The molecule has 1 aliphatic heterocycles. The lowest BCUT2D eigenvalue weighted by molar-refractivity contribution is -0.143. The fraction of sp³-hybridized carbons (Fsp3) is 0.231. The van der Waals surface area contributed by atoms with Gasteiger partial charge in [-0.25, -0.2) is 0 Å². The van der Waals surface area contributed by atoms with Crippen LogP contribution < -0.4 is 15.0 Å². The second-order valence-electron chi connectivity index (χ2n) is 8.08. The van der Waals surface area contributed by atoms with Gasteiger partial charge >= 0.3 is 5.97 Å². The van der Waals surface area contributed by atoms with Crippen LogP contribution in [0.4, 0.5) is 5.69 Å². The lowest BCUT2D eigenvalue weighted by Gasteiger charge is -2.29. The SMILES string of the molecule is CCOC(=O)CNC(=O)C1c2nccc3c4ccccc4n(c23)CC(=O)N1c1ccc(OC)cc1. The van der Waals surface area contributed by atoms with Gasteiger partial charge in [0, 0.05) is 28.2 Å². The van der Waals surface area contributed by atoms with Crippen LogP contribution in [-0.2, 0) is 25.7 Å². The summed E-state index contributed by atoms with van der Waals surface area (Å²) < 4.78 is 12.1. The van der Waals surface area contributed by atoms with Crippen LogP contribution in [0, 0.1) is 0 Å². The molecule has 35 heavy (non-hydrogen) atoms. The van der Waals surface area contributed by atoms with Crippen LogP contribution in [0.25, 0.3) is 21.8 Å². The van der Waals surface area contributed by atoms with E-state index in [1.807, 2.05) is 34.9 Å². The molecule has 1 aliphatic rings. The maximum atomic E-state index is 13.7. The van der Waals surface area contributed by atoms with E-state index in [-0.39, 0.29) is 25.6 Å². The Morgan fingerprint density at radius 1 is 1.09 bits per heavy atom. The molecule has 9 nitrogen and oxygen atoms in total. The summed E-state index contributed by atoms with van der Waals surface area (Å²) in [5.41, 5.74) is 2.55. The summed E-state index contributed by atoms with van der Waals surface area (Å²) in [5, 5.41) is 4.51. The Kier molecular flexibility index (Phi) is 5.82. The van der Waals surface area contributed by atoms with Gasteiger partial charge in [0.05, 0.1) is 24.9 Å². The second-order valence-corrected chi connectivity index (χ2v) is 8.08. The minimum atomic E-state index is -1.10. The number of carbonyl (C=O) groups excluding carboxylic acids is 3. The molecule has 2 aromatic carbocycles. The summed E-state index contributed by atoms with van der Waals surface area (Å²) in [6.07, 6.45) is 1.64. The number of hydrogen-bond donors (Lipinski definition) is 1. The topological polar surface area (TPSA) is 103 Å². The fourth-order valence-electron chi connectivity index (χ4n) is 4.62. The highest BCUT2D eigenvalue weighted by Crippen LogP contribution is 2.38. The van der Waals surface area contributed by atoms with Crippen molar-refractivity contribution in [3.05, 3.63) is 66.5 Å². The summed E-state index contributed by atoms with van der Waals surface area (Å²) in [4.78, 5) is 45.3. The number of ether oxygens (including phenoxy) is 2. The third-order valence-electron chi connectivity index (χ3n) is 6.10. The first-order valence-electron chi connectivity index (χ1n) is 11.3. The number of rotatable bonds is 6. The minimum absolute atomic E-state index is 0.0242. The predicted molar refractivity (Wildman–Crippen MR) is 130 cm³/mol. The molecule has 0 saturated heterocycles. The Morgan fingerprint density at radius 2 is 1.86 bits per heavy atom. The fourth-order valence-corrected chi connectivity index (χ4v) is 4.62. The van der Waals surface area contributed by atoms with Crippen molar-refractivity contribution < 1.29 is 23.9 Å². The zero-order valence-electron chi connectivity index (χ0n) is 19.4. The molecule has 0 radical (unpaired) electrons. The molecule has 5 rings (SSSR count). The molecule has 9 heteroatoms. The van der Waals surface area contributed by atoms with Gasteiger partial charge in [0.2, 0.25) is 11.8 Å². The number of carbonyl (C=O) groups is 3. The molecular formula is C26H24N4O5. The molecule has 0 fully saturated rings. The maximum absolute atomic E-state index is 13.7. The molecule has 4 aromatic rings. The average Bonchev–Trinajstić information content (AvgIpc) is 3.12. The van der Waals surface area contributed by atoms with Gasteiger partial charge in [-0.3, -0.25) is 24.3 Å². The number of amides is 2. The van der Waals surface area contributed by atoms with E-state index in [0.717, 1.165) is 16.3 Å². The summed E-state index contributed by atoms with van der Waals surface area (Å²) in [6, 6.07) is 15.5. The standard InChI is InChI=1S/C26H24N4O5/c1-3-35-22(32)14-28-26(33)25-23-24-19(12-13-27-23)18-6-4-5-7-20(18)29(24)15-21(31)30(25)16-8-10-17(34-2)11-9-16/h4-13,25H,3,14-15H2,1-2H3,(H,28,33). The minimum Gasteiger partial charge on any atom is -0.497 e. The summed E-state index contributed by atoms with van der Waals surface area (Å²) >= 11 is 0. The average molecular weight is 473 g/mol. The molecule has 0 saturated carbocycles. The van der Waals surface area contributed by atoms with Crippen molar-refractivity contribution >= 4 is 45.3 Å². The monoisotopic (exact) mass is 472 g/mol. The maximum Gasteiger partial charge on any atom is 0.325 e. The third-order valence-corrected chi connectivity index (χ3v) is 6.10. The van der Waals surface area contributed by atoms with Crippen molar-refractivity contribution in [2.24, 2.45) is 0 Å². The van der Waals surface area contributed by atoms with Gasteiger partial charge in [0.25, 0.3) is 0 Å². The zero-order valence-corrected chi connectivity index (χ0v) is 19.4. The van der Waals surface area contributed by atoms with E-state index >= 15 is 0 Å². The highest BCUT2D eigenvalue weighted by molar-refractivity contribution is 6.13. The van der Waals surface area contributed by atoms with E-state index in [0.29, 0.717) is 22.6 Å². The van der Waals surface area contributed by atoms with Crippen molar-refractivity contribution in [1.29, 1.82) is 0 Å². The number of anilines is 1. The first-order valence-corrected chi connectivity index (χ1v) is 11.3. The van der Waals surface area contributed by atoms with Gasteiger partial charge in [0.1, 0.15) is 18.8 Å². The van der Waals surface area contributed by atoms with E-state index in [2.05, 4.69) is 10.3 Å². The van der Waals surface area contributed by atoms with Crippen LogP contribution in [0.1, 0.15) is 18.7 Å². The molecule has 2 aromatic heterocycles. The molecule has 1 N–H and O–H groups in total. The van der Waals surface area contributed by atoms with Crippen molar-refractivity contribution in [3.8, 4) is 5.75 Å². The normalized spacial score (nSPS) is 15.2. The lowest BCUT2D eigenvalue weighted by atomic mass is 10.1. The van der Waals surface area contributed by atoms with E-state index in [1.54, 1.807) is 44.5 Å². The number of methoxy groups -OCH3 is 1. The van der Waals surface area contributed by atoms with Crippen LogP contribution in [0.3, 0.4) is 0 Å². The number of nitrogens with zero attached hydrogens (tertiary/aromatic N) is 3. The highest BCUT2D eigenvalue weighted by atomic mass is 16.5. The Balaban J connectivity index is 1.69. The molecule has 3 heterocycles. The molecule has 0 bridgehead atoms. The molecule has 1 atom stereocenters. The Labute approximate surface area is 201 Å². The number of para-hydroxylation sites is 1.